The molecule has 2 atom stereocenters. The monoisotopic (exact) mass is 468 g/mol. The Labute approximate surface area is 186 Å². The fourth-order valence-corrected chi connectivity index (χ4v) is 3.84. The summed E-state index contributed by atoms with van der Waals surface area (Å²) in [4.78, 5) is 12.6. The van der Waals surface area contributed by atoms with E-state index < -0.39 is 24.2 Å². The standard InChI is InChI=1S/C21H17Cl2F3N4O/c1-11-5-7-12(8-6-11)15-9-17(21(24,25)26)30-18(27-15)10-16(29-30)20(31)28-14-4-2-3-13(22)19(14)23/h2-8,10,15,17,27H,9H2,1H3,(H,28,31)/t15-,17-/m0/s1. The minimum atomic E-state index is -4.53. The lowest BCUT2D eigenvalue weighted by Crippen LogP contribution is -2.35. The van der Waals surface area contributed by atoms with Crippen molar-refractivity contribution >= 4 is 40.6 Å². The molecule has 2 heterocycles. The molecule has 162 valence electrons. The number of alkyl halides is 3. The largest absolute Gasteiger partial charge is 0.410 e. The summed E-state index contributed by atoms with van der Waals surface area (Å²) in [6.45, 7) is 1.91. The molecule has 0 unspecified atom stereocenters. The molecule has 2 aromatic carbocycles. The van der Waals surface area contributed by atoms with Crippen LogP contribution in [0.1, 0.15) is 40.1 Å². The molecule has 31 heavy (non-hydrogen) atoms. The van der Waals surface area contributed by atoms with E-state index in [2.05, 4.69) is 15.7 Å². The zero-order valence-corrected chi connectivity index (χ0v) is 17.7. The number of nitrogens with one attached hydrogen (secondary N) is 2. The van der Waals surface area contributed by atoms with E-state index in [-0.39, 0.29) is 33.7 Å². The first-order chi connectivity index (χ1) is 14.6. The average Bonchev–Trinajstić information content (AvgIpc) is 3.14. The summed E-state index contributed by atoms with van der Waals surface area (Å²) in [7, 11) is 0. The number of halogens is 5. The van der Waals surface area contributed by atoms with Crippen molar-refractivity contribution in [3.8, 4) is 0 Å². The molecule has 0 spiro atoms. The Bertz CT molecular complexity index is 1130. The van der Waals surface area contributed by atoms with Gasteiger partial charge in [-0.05, 0) is 24.6 Å². The number of benzene rings is 2. The summed E-state index contributed by atoms with van der Waals surface area (Å²) in [5.41, 5.74) is 1.81. The summed E-state index contributed by atoms with van der Waals surface area (Å²) >= 11 is 12.0. The highest BCUT2D eigenvalue weighted by molar-refractivity contribution is 6.44. The number of anilines is 2. The molecule has 0 saturated carbocycles. The van der Waals surface area contributed by atoms with Crippen LogP contribution in [0.25, 0.3) is 0 Å². The van der Waals surface area contributed by atoms with Crippen LogP contribution in [0.2, 0.25) is 10.0 Å². The van der Waals surface area contributed by atoms with Crippen molar-refractivity contribution in [3.05, 3.63) is 75.4 Å². The molecule has 5 nitrogen and oxygen atoms in total. The Morgan fingerprint density at radius 2 is 1.90 bits per heavy atom. The van der Waals surface area contributed by atoms with Crippen molar-refractivity contribution in [2.75, 3.05) is 10.6 Å². The van der Waals surface area contributed by atoms with E-state index in [1.165, 1.54) is 12.1 Å². The smallest absolute Gasteiger partial charge is 0.363 e. The van der Waals surface area contributed by atoms with Crippen molar-refractivity contribution < 1.29 is 18.0 Å². The molecule has 3 aromatic rings. The minimum absolute atomic E-state index is 0.112. The number of carbonyl (C=O) groups excluding carboxylic acids is 1. The fraction of sp³-hybridized carbons (Fsp3) is 0.238. The second kappa shape index (κ2) is 8.09. The van der Waals surface area contributed by atoms with Crippen LogP contribution in [0.15, 0.2) is 48.5 Å². The van der Waals surface area contributed by atoms with E-state index in [9.17, 15) is 18.0 Å². The van der Waals surface area contributed by atoms with Crippen molar-refractivity contribution in [2.24, 2.45) is 0 Å². The summed E-state index contributed by atoms with van der Waals surface area (Å²) in [5, 5.41) is 9.91. The molecular weight excluding hydrogens is 452 g/mol. The normalized spacial score (nSPS) is 18.3. The van der Waals surface area contributed by atoms with Gasteiger partial charge in [0.25, 0.3) is 5.91 Å². The maximum Gasteiger partial charge on any atom is 0.410 e. The summed E-state index contributed by atoms with van der Waals surface area (Å²) < 4.78 is 42.2. The van der Waals surface area contributed by atoms with Gasteiger partial charge in [0.1, 0.15) is 5.82 Å². The molecule has 1 aliphatic rings. The lowest BCUT2D eigenvalue weighted by Gasteiger charge is -2.33. The first-order valence-electron chi connectivity index (χ1n) is 9.38. The first kappa shape index (κ1) is 21.5. The van der Waals surface area contributed by atoms with Crippen LogP contribution in [0, 0.1) is 6.92 Å². The van der Waals surface area contributed by atoms with Crippen LogP contribution in [0.5, 0.6) is 0 Å². The van der Waals surface area contributed by atoms with Crippen LogP contribution < -0.4 is 10.6 Å². The van der Waals surface area contributed by atoms with Crippen LogP contribution in [-0.4, -0.2) is 21.9 Å². The van der Waals surface area contributed by atoms with Gasteiger partial charge in [-0.15, -0.1) is 0 Å². The minimum Gasteiger partial charge on any atom is -0.363 e. The Morgan fingerprint density at radius 3 is 2.58 bits per heavy atom. The molecular formula is C21H17Cl2F3N4O. The Hall–Kier alpha value is -2.71. The van der Waals surface area contributed by atoms with E-state index in [0.717, 1.165) is 15.8 Å². The predicted octanol–water partition coefficient (Wildman–Crippen LogP) is 6.41. The highest BCUT2D eigenvalue weighted by Gasteiger charge is 2.46. The van der Waals surface area contributed by atoms with Gasteiger partial charge < -0.3 is 10.6 Å². The number of aromatic nitrogens is 2. The van der Waals surface area contributed by atoms with Crippen LogP contribution in [0.3, 0.4) is 0 Å². The fourth-order valence-electron chi connectivity index (χ4n) is 3.49. The van der Waals surface area contributed by atoms with Crippen molar-refractivity contribution in [3.63, 3.8) is 0 Å². The van der Waals surface area contributed by atoms with Crippen LogP contribution in [0.4, 0.5) is 24.7 Å². The SMILES string of the molecule is Cc1ccc([C@@H]2C[C@@H](C(F)(F)F)n3nc(C(=O)Nc4cccc(Cl)c4Cl)cc3N2)cc1. The summed E-state index contributed by atoms with van der Waals surface area (Å²) in [6.07, 6.45) is -4.78. The zero-order chi connectivity index (χ0) is 22.3. The van der Waals surface area contributed by atoms with Gasteiger partial charge in [0.05, 0.1) is 21.8 Å². The lowest BCUT2D eigenvalue weighted by atomic mass is 9.96. The predicted molar refractivity (Wildman–Crippen MR) is 114 cm³/mol. The molecule has 0 bridgehead atoms. The zero-order valence-electron chi connectivity index (χ0n) is 16.2. The molecule has 4 rings (SSSR count). The molecule has 0 aliphatic carbocycles. The van der Waals surface area contributed by atoms with E-state index in [1.807, 2.05) is 19.1 Å². The van der Waals surface area contributed by atoms with Gasteiger partial charge in [-0.3, -0.25) is 4.79 Å². The molecule has 0 fully saturated rings. The summed E-state index contributed by atoms with van der Waals surface area (Å²) in [5.74, 6) is -0.581. The van der Waals surface area contributed by atoms with Gasteiger partial charge in [-0.25, -0.2) is 4.68 Å². The summed E-state index contributed by atoms with van der Waals surface area (Å²) in [6, 6.07) is 10.8. The second-order valence-corrected chi connectivity index (χ2v) is 8.10. The number of hydrogen-bond acceptors (Lipinski definition) is 3. The number of nitrogens with zero attached hydrogens (tertiary/aromatic N) is 2. The van der Waals surface area contributed by atoms with Crippen LogP contribution >= 0.6 is 23.2 Å². The molecule has 0 radical (unpaired) electrons. The third-order valence-electron chi connectivity index (χ3n) is 5.10. The third-order valence-corrected chi connectivity index (χ3v) is 5.92. The van der Waals surface area contributed by atoms with Gasteiger partial charge in [-0.2, -0.15) is 18.3 Å². The number of amides is 1. The number of carbonyl (C=O) groups is 1. The quantitative estimate of drug-likeness (QED) is 0.466. The van der Waals surface area contributed by atoms with Crippen LogP contribution in [-0.2, 0) is 0 Å². The maximum atomic E-state index is 13.8. The lowest BCUT2D eigenvalue weighted by molar-refractivity contribution is -0.173. The molecule has 0 saturated heterocycles. The van der Waals surface area contributed by atoms with Gasteiger partial charge >= 0.3 is 6.18 Å². The van der Waals surface area contributed by atoms with Crippen molar-refractivity contribution in [2.45, 2.75) is 31.6 Å². The van der Waals surface area contributed by atoms with Gasteiger partial charge in [-0.1, -0.05) is 59.1 Å². The Kier molecular flexibility index (Phi) is 5.61. The van der Waals surface area contributed by atoms with Crippen molar-refractivity contribution in [1.29, 1.82) is 0 Å². The van der Waals surface area contributed by atoms with Gasteiger partial charge in [0.2, 0.25) is 0 Å². The highest BCUT2D eigenvalue weighted by Crippen LogP contribution is 2.43. The third kappa shape index (κ3) is 4.36. The molecule has 2 N–H and O–H groups in total. The van der Waals surface area contributed by atoms with E-state index in [1.54, 1.807) is 24.3 Å². The average molecular weight is 469 g/mol. The number of hydrogen-bond donors (Lipinski definition) is 2. The topological polar surface area (TPSA) is 59.0 Å². The molecule has 1 aromatic heterocycles. The Balaban J connectivity index is 1.65. The molecule has 10 heteroatoms. The second-order valence-electron chi connectivity index (χ2n) is 7.32. The van der Waals surface area contributed by atoms with E-state index in [0.29, 0.717) is 0 Å². The highest BCUT2D eigenvalue weighted by atomic mass is 35.5. The Morgan fingerprint density at radius 1 is 1.19 bits per heavy atom. The number of fused-ring (bicyclic) bond motifs is 1. The number of aryl methyl sites for hydroxylation is 1. The van der Waals surface area contributed by atoms with Crippen molar-refractivity contribution in [1.82, 2.24) is 9.78 Å². The van der Waals surface area contributed by atoms with Gasteiger partial charge in [0, 0.05) is 12.5 Å². The van der Waals surface area contributed by atoms with E-state index in [4.69, 9.17) is 23.2 Å². The molecule has 1 aliphatic heterocycles. The van der Waals surface area contributed by atoms with Gasteiger partial charge in [0.15, 0.2) is 11.7 Å². The number of rotatable bonds is 3. The van der Waals surface area contributed by atoms with E-state index >= 15 is 0 Å². The molecule has 1 amide bonds. The maximum absolute atomic E-state index is 13.8. The first-order valence-corrected chi connectivity index (χ1v) is 10.1.